The predicted octanol–water partition coefficient (Wildman–Crippen LogP) is 2.49. The van der Waals surface area contributed by atoms with E-state index in [1.54, 1.807) is 12.7 Å². The van der Waals surface area contributed by atoms with Gasteiger partial charge in [-0.15, -0.1) is 10.2 Å². The fourth-order valence-electron chi connectivity index (χ4n) is 4.00. The van der Waals surface area contributed by atoms with Gasteiger partial charge in [0.05, 0.1) is 5.92 Å². The van der Waals surface area contributed by atoms with E-state index in [1.807, 2.05) is 58.9 Å². The standard InChI is InChI=1S/C22H25N5O2/c1-16(12-26-14-23-24-15-26)25-21(28)18-8-5-11-27(13-18)22(29)20-10-4-7-17-6-2-3-9-19(17)20/h2-4,6-7,9-10,14-16,18H,5,8,11-13H2,1H3,(H,25,28). The third-order valence-corrected chi connectivity index (χ3v) is 5.44. The molecule has 2 aromatic carbocycles. The summed E-state index contributed by atoms with van der Waals surface area (Å²) < 4.78 is 1.84. The predicted molar refractivity (Wildman–Crippen MR) is 110 cm³/mol. The number of likely N-dealkylation sites (tertiary alicyclic amines) is 1. The lowest BCUT2D eigenvalue weighted by molar-refractivity contribution is -0.127. The number of fused-ring (bicyclic) bond motifs is 1. The average molecular weight is 391 g/mol. The van der Waals surface area contributed by atoms with E-state index in [0.29, 0.717) is 25.2 Å². The molecule has 1 N–H and O–H groups in total. The van der Waals surface area contributed by atoms with Crippen molar-refractivity contribution in [3.63, 3.8) is 0 Å². The number of carbonyl (C=O) groups is 2. The molecule has 0 saturated carbocycles. The first-order valence-electron chi connectivity index (χ1n) is 10.0. The summed E-state index contributed by atoms with van der Waals surface area (Å²) in [4.78, 5) is 27.8. The van der Waals surface area contributed by atoms with Crippen molar-refractivity contribution < 1.29 is 9.59 Å². The zero-order chi connectivity index (χ0) is 20.2. The Bertz CT molecular complexity index is 996. The van der Waals surface area contributed by atoms with E-state index in [0.717, 1.165) is 23.6 Å². The molecule has 1 fully saturated rings. The van der Waals surface area contributed by atoms with Crippen LogP contribution < -0.4 is 5.32 Å². The molecular weight excluding hydrogens is 366 g/mol. The van der Waals surface area contributed by atoms with Crippen molar-refractivity contribution in [2.24, 2.45) is 5.92 Å². The summed E-state index contributed by atoms with van der Waals surface area (Å²) in [5, 5.41) is 12.6. The van der Waals surface area contributed by atoms with E-state index < -0.39 is 0 Å². The van der Waals surface area contributed by atoms with Gasteiger partial charge in [-0.2, -0.15) is 0 Å². The van der Waals surface area contributed by atoms with Crippen LogP contribution in [0.15, 0.2) is 55.1 Å². The highest BCUT2D eigenvalue weighted by Crippen LogP contribution is 2.23. The molecule has 2 amide bonds. The van der Waals surface area contributed by atoms with Gasteiger partial charge < -0.3 is 14.8 Å². The molecule has 29 heavy (non-hydrogen) atoms. The van der Waals surface area contributed by atoms with Gasteiger partial charge in [0, 0.05) is 31.2 Å². The minimum atomic E-state index is -0.189. The topological polar surface area (TPSA) is 80.1 Å². The van der Waals surface area contributed by atoms with Gasteiger partial charge in [-0.3, -0.25) is 9.59 Å². The summed E-state index contributed by atoms with van der Waals surface area (Å²) in [7, 11) is 0. The molecule has 1 aliphatic heterocycles. The summed E-state index contributed by atoms with van der Waals surface area (Å²) in [6.45, 7) is 3.71. The largest absolute Gasteiger partial charge is 0.352 e. The van der Waals surface area contributed by atoms with Crippen molar-refractivity contribution in [1.29, 1.82) is 0 Å². The molecule has 1 aliphatic rings. The average Bonchev–Trinajstić information content (AvgIpc) is 3.25. The highest BCUT2D eigenvalue weighted by molar-refractivity contribution is 6.07. The van der Waals surface area contributed by atoms with Gasteiger partial charge in [0.2, 0.25) is 5.91 Å². The number of benzene rings is 2. The van der Waals surface area contributed by atoms with Crippen LogP contribution in [0.4, 0.5) is 0 Å². The molecule has 0 spiro atoms. The van der Waals surface area contributed by atoms with Gasteiger partial charge in [0.1, 0.15) is 12.7 Å². The lowest BCUT2D eigenvalue weighted by Crippen LogP contribution is -2.47. The number of piperidine rings is 1. The van der Waals surface area contributed by atoms with Crippen molar-refractivity contribution in [1.82, 2.24) is 25.0 Å². The zero-order valence-corrected chi connectivity index (χ0v) is 16.5. The monoisotopic (exact) mass is 391 g/mol. The van der Waals surface area contributed by atoms with Crippen molar-refractivity contribution in [3.05, 3.63) is 60.7 Å². The van der Waals surface area contributed by atoms with Crippen LogP contribution >= 0.6 is 0 Å². The first kappa shape index (κ1) is 19.1. The van der Waals surface area contributed by atoms with E-state index in [1.165, 1.54) is 0 Å². The Morgan fingerprint density at radius 3 is 2.72 bits per heavy atom. The van der Waals surface area contributed by atoms with E-state index in [9.17, 15) is 9.59 Å². The van der Waals surface area contributed by atoms with E-state index in [4.69, 9.17) is 0 Å². The normalized spacial score (nSPS) is 17.8. The van der Waals surface area contributed by atoms with Gasteiger partial charge in [0.25, 0.3) is 5.91 Å². The molecule has 3 aromatic rings. The molecule has 2 unspecified atom stereocenters. The maximum atomic E-state index is 13.2. The molecule has 0 radical (unpaired) electrons. The molecule has 4 rings (SSSR count). The highest BCUT2D eigenvalue weighted by atomic mass is 16.2. The number of amides is 2. The minimum Gasteiger partial charge on any atom is -0.352 e. The summed E-state index contributed by atoms with van der Waals surface area (Å²) >= 11 is 0. The zero-order valence-electron chi connectivity index (χ0n) is 16.5. The van der Waals surface area contributed by atoms with Gasteiger partial charge in [-0.1, -0.05) is 36.4 Å². The Morgan fingerprint density at radius 1 is 1.14 bits per heavy atom. The maximum Gasteiger partial charge on any atom is 0.254 e. The summed E-state index contributed by atoms with van der Waals surface area (Å²) in [6.07, 6.45) is 4.89. The maximum absolute atomic E-state index is 13.2. The van der Waals surface area contributed by atoms with Crippen LogP contribution in [0.25, 0.3) is 10.8 Å². The summed E-state index contributed by atoms with van der Waals surface area (Å²) in [5.41, 5.74) is 0.699. The van der Waals surface area contributed by atoms with Crippen LogP contribution in [0.5, 0.6) is 0 Å². The SMILES string of the molecule is CC(Cn1cnnc1)NC(=O)C1CCCN(C(=O)c2cccc3ccccc23)C1. The molecule has 0 aliphatic carbocycles. The van der Waals surface area contributed by atoms with Crippen molar-refractivity contribution in [2.45, 2.75) is 32.4 Å². The Hall–Kier alpha value is -3.22. The molecule has 2 heterocycles. The number of aromatic nitrogens is 3. The number of nitrogens with zero attached hydrogens (tertiary/aromatic N) is 4. The van der Waals surface area contributed by atoms with Crippen LogP contribution in [-0.2, 0) is 11.3 Å². The smallest absolute Gasteiger partial charge is 0.254 e. The molecule has 2 atom stereocenters. The molecule has 7 heteroatoms. The molecule has 0 bridgehead atoms. The number of carbonyl (C=O) groups excluding carboxylic acids is 2. The first-order valence-corrected chi connectivity index (χ1v) is 10.0. The number of hydrogen-bond acceptors (Lipinski definition) is 4. The van der Waals surface area contributed by atoms with Crippen LogP contribution in [-0.4, -0.2) is 50.6 Å². The minimum absolute atomic E-state index is 0.000921. The van der Waals surface area contributed by atoms with Crippen molar-refractivity contribution in [2.75, 3.05) is 13.1 Å². The molecule has 150 valence electrons. The lowest BCUT2D eigenvalue weighted by atomic mass is 9.95. The number of nitrogens with one attached hydrogen (secondary N) is 1. The summed E-state index contributed by atoms with van der Waals surface area (Å²) in [6, 6.07) is 13.7. The Labute approximate surface area is 169 Å². The van der Waals surface area contributed by atoms with E-state index in [2.05, 4.69) is 15.5 Å². The third kappa shape index (κ3) is 4.29. The highest BCUT2D eigenvalue weighted by Gasteiger charge is 2.30. The van der Waals surface area contributed by atoms with E-state index >= 15 is 0 Å². The van der Waals surface area contributed by atoms with E-state index in [-0.39, 0.29) is 23.8 Å². The molecule has 7 nitrogen and oxygen atoms in total. The van der Waals surface area contributed by atoms with Crippen LogP contribution in [0.3, 0.4) is 0 Å². The summed E-state index contributed by atoms with van der Waals surface area (Å²) in [5.74, 6) is -0.191. The quantitative estimate of drug-likeness (QED) is 0.725. The fraction of sp³-hybridized carbons (Fsp3) is 0.364. The Kier molecular flexibility index (Phi) is 5.55. The van der Waals surface area contributed by atoms with Crippen LogP contribution in [0.2, 0.25) is 0 Å². The number of rotatable bonds is 5. The van der Waals surface area contributed by atoms with Gasteiger partial charge in [-0.05, 0) is 36.6 Å². The van der Waals surface area contributed by atoms with Gasteiger partial charge in [0.15, 0.2) is 0 Å². The molecule has 1 aromatic heterocycles. The van der Waals surface area contributed by atoms with Gasteiger partial charge in [-0.25, -0.2) is 0 Å². The lowest BCUT2D eigenvalue weighted by Gasteiger charge is -2.33. The number of hydrogen-bond donors (Lipinski definition) is 1. The third-order valence-electron chi connectivity index (χ3n) is 5.44. The van der Waals surface area contributed by atoms with Crippen LogP contribution in [0, 0.1) is 5.92 Å². The second-order valence-corrected chi connectivity index (χ2v) is 7.69. The van der Waals surface area contributed by atoms with Crippen LogP contribution in [0.1, 0.15) is 30.1 Å². The Morgan fingerprint density at radius 2 is 1.90 bits per heavy atom. The fourth-order valence-corrected chi connectivity index (χ4v) is 4.00. The Balaban J connectivity index is 1.42. The first-order chi connectivity index (χ1) is 14.1. The molecule has 1 saturated heterocycles. The molecular formula is C22H25N5O2. The van der Waals surface area contributed by atoms with Crippen molar-refractivity contribution in [3.8, 4) is 0 Å². The second-order valence-electron chi connectivity index (χ2n) is 7.69. The second kappa shape index (κ2) is 8.43. The van der Waals surface area contributed by atoms with Crippen molar-refractivity contribution >= 4 is 22.6 Å². The van der Waals surface area contributed by atoms with Gasteiger partial charge >= 0.3 is 0 Å².